The van der Waals surface area contributed by atoms with E-state index in [1.165, 1.54) is 24.4 Å². The summed E-state index contributed by atoms with van der Waals surface area (Å²) < 4.78 is 24.8. The minimum atomic E-state index is -0.543. The zero-order chi connectivity index (χ0) is 22.5. The van der Waals surface area contributed by atoms with Gasteiger partial charge in [0.2, 0.25) is 11.7 Å². The first kappa shape index (κ1) is 21.2. The van der Waals surface area contributed by atoms with Crippen LogP contribution in [0.1, 0.15) is 21.8 Å². The van der Waals surface area contributed by atoms with Gasteiger partial charge in [-0.05, 0) is 42.8 Å². The molecule has 0 bridgehead atoms. The number of rotatable bonds is 5. The first-order valence-corrected chi connectivity index (χ1v) is 10.1. The molecule has 1 fully saturated rings. The maximum absolute atomic E-state index is 14.4. The number of halogens is 1. The summed E-state index contributed by atoms with van der Waals surface area (Å²) in [5, 5.41) is 3.73. The molecule has 1 aromatic carbocycles. The Morgan fingerprint density at radius 3 is 2.56 bits per heavy atom. The molecule has 0 N–H and O–H groups in total. The highest BCUT2D eigenvalue weighted by molar-refractivity contribution is 5.93. The molecule has 0 saturated carbocycles. The molecule has 9 heteroatoms. The number of pyridine rings is 1. The van der Waals surface area contributed by atoms with E-state index in [1.807, 2.05) is 0 Å². The molecule has 0 aliphatic carbocycles. The van der Waals surface area contributed by atoms with E-state index in [9.17, 15) is 14.0 Å². The van der Waals surface area contributed by atoms with Crippen molar-refractivity contribution in [1.29, 1.82) is 0 Å². The van der Waals surface area contributed by atoms with Crippen molar-refractivity contribution < 1.29 is 23.2 Å². The van der Waals surface area contributed by atoms with Crippen molar-refractivity contribution in [1.82, 2.24) is 19.9 Å². The van der Waals surface area contributed by atoms with Gasteiger partial charge in [0.15, 0.2) is 11.6 Å². The second kappa shape index (κ2) is 9.42. The van der Waals surface area contributed by atoms with Gasteiger partial charge in [-0.2, -0.15) is 0 Å². The fraction of sp³-hybridized carbons (Fsp3) is 0.217. The highest BCUT2D eigenvalue weighted by atomic mass is 19.1. The molecule has 3 aromatic rings. The lowest BCUT2D eigenvalue weighted by Crippen LogP contribution is -2.50. The van der Waals surface area contributed by atoms with Crippen LogP contribution in [0.15, 0.2) is 59.4 Å². The van der Waals surface area contributed by atoms with Crippen molar-refractivity contribution in [3.8, 4) is 11.5 Å². The number of carbonyl (C=O) groups is 2. The SMILES string of the molecule is Cc1cc(C(=O)N2CCN(C(=O)/C=C/c3ccc(Oc4cccnc4)c(F)c3)CC2)on1. The van der Waals surface area contributed by atoms with Crippen molar-refractivity contribution in [3.05, 3.63) is 77.7 Å². The number of piperazine rings is 1. The molecule has 1 saturated heterocycles. The van der Waals surface area contributed by atoms with E-state index in [1.54, 1.807) is 53.3 Å². The summed E-state index contributed by atoms with van der Waals surface area (Å²) in [4.78, 5) is 32.1. The van der Waals surface area contributed by atoms with Crippen molar-refractivity contribution in [2.45, 2.75) is 6.92 Å². The van der Waals surface area contributed by atoms with E-state index in [0.29, 0.717) is 43.2 Å². The van der Waals surface area contributed by atoms with Crippen LogP contribution in [-0.4, -0.2) is 57.9 Å². The quantitative estimate of drug-likeness (QED) is 0.570. The zero-order valence-electron chi connectivity index (χ0n) is 17.4. The summed E-state index contributed by atoms with van der Waals surface area (Å²) in [6.45, 7) is 3.33. The summed E-state index contributed by atoms with van der Waals surface area (Å²) in [7, 11) is 0. The second-order valence-corrected chi connectivity index (χ2v) is 7.26. The van der Waals surface area contributed by atoms with Gasteiger partial charge in [-0.15, -0.1) is 0 Å². The van der Waals surface area contributed by atoms with Crippen LogP contribution >= 0.6 is 0 Å². The van der Waals surface area contributed by atoms with Gasteiger partial charge < -0.3 is 19.1 Å². The van der Waals surface area contributed by atoms with Crippen LogP contribution in [0.2, 0.25) is 0 Å². The Morgan fingerprint density at radius 1 is 1.12 bits per heavy atom. The molecule has 1 aliphatic heterocycles. The van der Waals surface area contributed by atoms with Crippen LogP contribution in [0.5, 0.6) is 11.5 Å². The smallest absolute Gasteiger partial charge is 0.292 e. The molecule has 2 aromatic heterocycles. The summed E-state index contributed by atoms with van der Waals surface area (Å²) >= 11 is 0. The molecule has 32 heavy (non-hydrogen) atoms. The molecule has 0 spiro atoms. The Balaban J connectivity index is 1.31. The molecule has 3 heterocycles. The number of hydrogen-bond acceptors (Lipinski definition) is 6. The molecule has 2 amide bonds. The monoisotopic (exact) mass is 436 g/mol. The van der Waals surface area contributed by atoms with Gasteiger partial charge in [0.1, 0.15) is 5.75 Å². The molecule has 164 valence electrons. The zero-order valence-corrected chi connectivity index (χ0v) is 17.4. The lowest BCUT2D eigenvalue weighted by atomic mass is 10.2. The number of carbonyl (C=O) groups excluding carboxylic acids is 2. The highest BCUT2D eigenvalue weighted by Gasteiger charge is 2.26. The van der Waals surface area contributed by atoms with E-state index >= 15 is 0 Å². The van der Waals surface area contributed by atoms with E-state index < -0.39 is 5.82 Å². The standard InChI is InChI=1S/C23H21FN4O4/c1-16-13-21(32-26-16)23(30)28-11-9-27(10-12-28)22(29)7-5-17-4-6-20(19(24)14-17)31-18-3-2-8-25-15-18/h2-8,13-15H,9-12H2,1H3/b7-5+. The average molecular weight is 436 g/mol. The van der Waals surface area contributed by atoms with E-state index in [4.69, 9.17) is 9.26 Å². The first-order valence-electron chi connectivity index (χ1n) is 10.1. The van der Waals surface area contributed by atoms with Crippen LogP contribution in [0, 0.1) is 12.7 Å². The Hall–Kier alpha value is -4.01. The van der Waals surface area contributed by atoms with Crippen LogP contribution in [0.4, 0.5) is 4.39 Å². The van der Waals surface area contributed by atoms with Gasteiger partial charge in [-0.25, -0.2) is 4.39 Å². The molecule has 8 nitrogen and oxygen atoms in total. The fourth-order valence-corrected chi connectivity index (χ4v) is 3.26. The number of amides is 2. The van der Waals surface area contributed by atoms with E-state index in [2.05, 4.69) is 10.1 Å². The summed E-state index contributed by atoms with van der Waals surface area (Å²) in [5.74, 6) is -0.287. The normalized spacial score (nSPS) is 14.1. The third-order valence-corrected chi connectivity index (χ3v) is 4.95. The third-order valence-electron chi connectivity index (χ3n) is 4.95. The average Bonchev–Trinajstić information content (AvgIpc) is 3.25. The predicted molar refractivity (Wildman–Crippen MR) is 113 cm³/mol. The van der Waals surface area contributed by atoms with E-state index in [-0.39, 0.29) is 23.3 Å². The van der Waals surface area contributed by atoms with Gasteiger partial charge in [0.05, 0.1) is 11.9 Å². The lowest BCUT2D eigenvalue weighted by molar-refractivity contribution is -0.127. The number of hydrogen-bond donors (Lipinski definition) is 0. The van der Waals surface area contributed by atoms with Gasteiger partial charge in [-0.1, -0.05) is 11.2 Å². The third kappa shape index (κ3) is 5.00. The molecular weight excluding hydrogens is 415 g/mol. The van der Waals surface area contributed by atoms with Gasteiger partial charge in [-0.3, -0.25) is 14.6 Å². The molecule has 0 radical (unpaired) electrons. The molecule has 0 unspecified atom stereocenters. The number of benzene rings is 1. The molecule has 0 atom stereocenters. The largest absolute Gasteiger partial charge is 0.453 e. The number of nitrogens with zero attached hydrogens (tertiary/aromatic N) is 4. The van der Waals surface area contributed by atoms with Gasteiger partial charge in [0, 0.05) is 44.5 Å². The van der Waals surface area contributed by atoms with Gasteiger partial charge >= 0.3 is 0 Å². The van der Waals surface area contributed by atoms with Crippen LogP contribution in [0.3, 0.4) is 0 Å². The Bertz CT molecular complexity index is 1140. The second-order valence-electron chi connectivity index (χ2n) is 7.26. The highest BCUT2D eigenvalue weighted by Crippen LogP contribution is 2.25. The van der Waals surface area contributed by atoms with Crippen LogP contribution < -0.4 is 4.74 Å². The van der Waals surface area contributed by atoms with Crippen molar-refractivity contribution in [2.24, 2.45) is 0 Å². The summed E-state index contributed by atoms with van der Waals surface area (Å²) in [6.07, 6.45) is 6.04. The Kier molecular flexibility index (Phi) is 6.25. The van der Waals surface area contributed by atoms with Crippen LogP contribution in [-0.2, 0) is 4.79 Å². The maximum atomic E-state index is 14.4. The first-order chi connectivity index (χ1) is 15.5. The van der Waals surface area contributed by atoms with Crippen molar-refractivity contribution >= 4 is 17.9 Å². The number of aromatic nitrogens is 2. The van der Waals surface area contributed by atoms with Crippen LogP contribution in [0.25, 0.3) is 6.08 Å². The van der Waals surface area contributed by atoms with Crippen molar-refractivity contribution in [2.75, 3.05) is 26.2 Å². The predicted octanol–water partition coefficient (Wildman–Crippen LogP) is 3.31. The Morgan fingerprint density at radius 2 is 1.91 bits per heavy atom. The summed E-state index contributed by atoms with van der Waals surface area (Å²) in [6, 6.07) is 9.43. The maximum Gasteiger partial charge on any atom is 0.292 e. The minimum absolute atomic E-state index is 0.0733. The summed E-state index contributed by atoms with van der Waals surface area (Å²) in [5.41, 5.74) is 1.17. The number of ether oxygens (including phenoxy) is 1. The Labute approximate surface area is 183 Å². The van der Waals surface area contributed by atoms with Gasteiger partial charge in [0.25, 0.3) is 5.91 Å². The van der Waals surface area contributed by atoms with E-state index in [0.717, 1.165) is 0 Å². The fourth-order valence-electron chi connectivity index (χ4n) is 3.26. The molecule has 4 rings (SSSR count). The number of aryl methyl sites for hydroxylation is 1. The minimum Gasteiger partial charge on any atom is -0.453 e. The molecular formula is C23H21FN4O4. The molecule has 1 aliphatic rings. The topological polar surface area (TPSA) is 88.8 Å². The lowest BCUT2D eigenvalue weighted by Gasteiger charge is -2.33. The van der Waals surface area contributed by atoms with Crippen molar-refractivity contribution in [3.63, 3.8) is 0 Å².